The molecule has 112 valence electrons. The van der Waals surface area contributed by atoms with Crippen molar-refractivity contribution in [1.29, 1.82) is 0 Å². The van der Waals surface area contributed by atoms with Crippen LogP contribution in [0.1, 0.15) is 5.56 Å². The van der Waals surface area contributed by atoms with Gasteiger partial charge in [-0.15, -0.1) is 0 Å². The van der Waals surface area contributed by atoms with Crippen LogP contribution in [0.25, 0.3) is 0 Å². The van der Waals surface area contributed by atoms with Gasteiger partial charge in [-0.05, 0) is 31.8 Å². The molecular formula is C14H23N3O2S. The Balaban J connectivity index is 2.36. The molecular weight excluding hydrogens is 274 g/mol. The van der Waals surface area contributed by atoms with Crippen LogP contribution >= 0.6 is 11.9 Å². The summed E-state index contributed by atoms with van der Waals surface area (Å²) in [4.78, 5) is 15.4. The number of benzene rings is 1. The van der Waals surface area contributed by atoms with Crippen molar-refractivity contribution in [3.05, 3.63) is 29.8 Å². The van der Waals surface area contributed by atoms with E-state index in [1.165, 1.54) is 0 Å². The topological polar surface area (TPSA) is 44.8 Å². The number of rotatable bonds is 7. The fourth-order valence-electron chi connectivity index (χ4n) is 1.48. The Labute approximate surface area is 125 Å². The summed E-state index contributed by atoms with van der Waals surface area (Å²) in [6, 6.07) is 7.84. The fourth-order valence-corrected chi connectivity index (χ4v) is 1.86. The van der Waals surface area contributed by atoms with Crippen LogP contribution in [0.15, 0.2) is 24.3 Å². The van der Waals surface area contributed by atoms with Crippen LogP contribution < -0.4 is 4.72 Å². The van der Waals surface area contributed by atoms with Gasteiger partial charge in [-0.1, -0.05) is 24.1 Å². The third kappa shape index (κ3) is 6.16. The van der Waals surface area contributed by atoms with Gasteiger partial charge >= 0.3 is 6.09 Å². The van der Waals surface area contributed by atoms with Crippen LogP contribution in [-0.2, 0) is 11.3 Å². The van der Waals surface area contributed by atoms with Gasteiger partial charge < -0.3 is 19.3 Å². The van der Waals surface area contributed by atoms with Gasteiger partial charge in [-0.3, -0.25) is 0 Å². The molecule has 0 saturated heterocycles. The fraction of sp³-hybridized carbons (Fsp3) is 0.500. The average molecular weight is 297 g/mol. The number of likely N-dealkylation sites (N-methyl/N-ethyl adjacent to an activating group) is 2. The molecule has 0 atom stereocenters. The number of hydrogen-bond donors (Lipinski definition) is 1. The lowest BCUT2D eigenvalue weighted by Gasteiger charge is -2.19. The Morgan fingerprint density at radius 3 is 2.40 bits per heavy atom. The molecule has 0 fully saturated rings. The number of anilines is 1. The Kier molecular flexibility index (Phi) is 7.25. The number of nitrogens with one attached hydrogen (secondary N) is 1. The zero-order valence-electron chi connectivity index (χ0n) is 12.5. The smallest absolute Gasteiger partial charge is 0.409 e. The highest BCUT2D eigenvalue weighted by Crippen LogP contribution is 2.13. The summed E-state index contributed by atoms with van der Waals surface area (Å²) in [6.45, 7) is 1.77. The first-order valence-corrected chi connectivity index (χ1v) is 7.66. The maximum atomic E-state index is 11.8. The summed E-state index contributed by atoms with van der Waals surface area (Å²) in [5, 5.41) is 0. The standard InChI is InChI=1S/C14H23N3O2S/c1-16(2)9-10-17(3)14(18)19-11-12-5-7-13(8-6-12)15-20-4/h5-8,15H,9-11H2,1-4H3. The summed E-state index contributed by atoms with van der Waals surface area (Å²) >= 11 is 1.54. The van der Waals surface area contributed by atoms with Gasteiger partial charge in [0.05, 0.1) is 0 Å². The van der Waals surface area contributed by atoms with Crippen molar-refractivity contribution in [2.75, 3.05) is 45.2 Å². The minimum Gasteiger partial charge on any atom is -0.445 e. The Bertz CT molecular complexity index is 409. The van der Waals surface area contributed by atoms with E-state index in [0.717, 1.165) is 17.8 Å². The Morgan fingerprint density at radius 2 is 1.85 bits per heavy atom. The van der Waals surface area contributed by atoms with E-state index in [9.17, 15) is 4.79 Å². The van der Waals surface area contributed by atoms with E-state index in [2.05, 4.69) is 4.72 Å². The molecule has 0 aliphatic carbocycles. The van der Waals surface area contributed by atoms with Gasteiger partial charge in [-0.2, -0.15) is 0 Å². The Morgan fingerprint density at radius 1 is 1.20 bits per heavy atom. The lowest BCUT2D eigenvalue weighted by molar-refractivity contribution is 0.102. The number of amides is 1. The van der Waals surface area contributed by atoms with Gasteiger partial charge in [0.25, 0.3) is 0 Å². The van der Waals surface area contributed by atoms with E-state index in [1.807, 2.05) is 49.5 Å². The molecule has 0 unspecified atom stereocenters. The van der Waals surface area contributed by atoms with Gasteiger partial charge in [0, 0.05) is 32.1 Å². The van der Waals surface area contributed by atoms with Gasteiger partial charge in [-0.25, -0.2) is 4.79 Å². The number of ether oxygens (including phenoxy) is 1. The van der Waals surface area contributed by atoms with E-state index in [-0.39, 0.29) is 6.09 Å². The number of carbonyl (C=O) groups excluding carboxylic acids is 1. The van der Waals surface area contributed by atoms with Crippen LogP contribution in [0.3, 0.4) is 0 Å². The monoisotopic (exact) mass is 297 g/mol. The summed E-state index contributed by atoms with van der Waals surface area (Å²) in [5.41, 5.74) is 2.02. The van der Waals surface area contributed by atoms with Crippen molar-refractivity contribution < 1.29 is 9.53 Å². The summed E-state index contributed by atoms with van der Waals surface area (Å²) in [5.74, 6) is 0. The maximum absolute atomic E-state index is 11.8. The molecule has 0 heterocycles. The molecule has 0 bridgehead atoms. The SMILES string of the molecule is CSNc1ccc(COC(=O)N(C)CCN(C)C)cc1. The molecule has 1 N–H and O–H groups in total. The predicted molar refractivity (Wildman–Crippen MR) is 84.9 cm³/mol. The largest absolute Gasteiger partial charge is 0.445 e. The molecule has 0 radical (unpaired) electrons. The zero-order valence-corrected chi connectivity index (χ0v) is 13.4. The first-order chi connectivity index (χ1) is 9.52. The van der Waals surface area contributed by atoms with Crippen LogP contribution in [-0.4, -0.2) is 56.4 Å². The van der Waals surface area contributed by atoms with Crippen molar-refractivity contribution in [2.45, 2.75) is 6.61 Å². The second-order valence-corrected chi connectivity index (χ2v) is 5.39. The molecule has 6 heteroatoms. The number of hydrogen-bond acceptors (Lipinski definition) is 5. The number of carbonyl (C=O) groups is 1. The molecule has 0 spiro atoms. The average Bonchev–Trinajstić information content (AvgIpc) is 2.44. The van der Waals surface area contributed by atoms with Crippen molar-refractivity contribution in [2.24, 2.45) is 0 Å². The molecule has 1 aromatic rings. The first kappa shape index (κ1) is 16.7. The highest BCUT2D eigenvalue weighted by molar-refractivity contribution is 7.99. The molecule has 1 amide bonds. The first-order valence-electron chi connectivity index (χ1n) is 6.43. The van der Waals surface area contributed by atoms with E-state index in [4.69, 9.17) is 4.74 Å². The van der Waals surface area contributed by atoms with Crippen LogP contribution in [0.5, 0.6) is 0 Å². The molecule has 1 rings (SSSR count). The van der Waals surface area contributed by atoms with Crippen molar-refractivity contribution in [1.82, 2.24) is 9.80 Å². The lowest BCUT2D eigenvalue weighted by atomic mass is 10.2. The van der Waals surface area contributed by atoms with Crippen LogP contribution in [0.4, 0.5) is 10.5 Å². The molecule has 5 nitrogen and oxygen atoms in total. The van der Waals surface area contributed by atoms with Crippen molar-refractivity contribution in [3.8, 4) is 0 Å². The van der Waals surface area contributed by atoms with Crippen LogP contribution in [0, 0.1) is 0 Å². The summed E-state index contributed by atoms with van der Waals surface area (Å²) in [7, 11) is 5.70. The van der Waals surface area contributed by atoms with Gasteiger partial charge in [0.2, 0.25) is 0 Å². The predicted octanol–water partition coefficient (Wildman–Crippen LogP) is 2.51. The van der Waals surface area contributed by atoms with Gasteiger partial charge in [0.1, 0.15) is 6.61 Å². The highest BCUT2D eigenvalue weighted by Gasteiger charge is 2.10. The summed E-state index contributed by atoms with van der Waals surface area (Å²) < 4.78 is 8.41. The minimum atomic E-state index is -0.293. The van der Waals surface area contributed by atoms with Crippen molar-refractivity contribution >= 4 is 23.7 Å². The maximum Gasteiger partial charge on any atom is 0.409 e. The third-order valence-corrected chi connectivity index (χ3v) is 3.17. The van der Waals surface area contributed by atoms with E-state index in [0.29, 0.717) is 13.2 Å². The second kappa shape index (κ2) is 8.71. The Hall–Kier alpha value is -1.40. The molecule has 0 aliphatic rings. The van der Waals surface area contributed by atoms with Crippen molar-refractivity contribution in [3.63, 3.8) is 0 Å². The van der Waals surface area contributed by atoms with Gasteiger partial charge in [0.15, 0.2) is 0 Å². The van der Waals surface area contributed by atoms with Crippen LogP contribution in [0.2, 0.25) is 0 Å². The van der Waals surface area contributed by atoms with E-state index < -0.39 is 0 Å². The molecule has 0 saturated carbocycles. The zero-order chi connectivity index (χ0) is 15.0. The third-order valence-electron chi connectivity index (χ3n) is 2.73. The quantitative estimate of drug-likeness (QED) is 0.784. The minimum absolute atomic E-state index is 0.293. The lowest BCUT2D eigenvalue weighted by Crippen LogP contribution is -2.33. The molecule has 1 aromatic carbocycles. The highest BCUT2D eigenvalue weighted by atomic mass is 32.2. The number of nitrogens with zero attached hydrogens (tertiary/aromatic N) is 2. The normalized spacial score (nSPS) is 10.4. The molecule has 0 aliphatic heterocycles. The second-order valence-electron chi connectivity index (χ2n) is 4.78. The van der Waals surface area contributed by atoms with E-state index in [1.54, 1.807) is 23.9 Å². The van der Waals surface area contributed by atoms with E-state index >= 15 is 0 Å². The molecule has 0 aromatic heterocycles. The summed E-state index contributed by atoms with van der Waals surface area (Å²) in [6.07, 6.45) is 1.68. The molecule has 20 heavy (non-hydrogen) atoms.